The van der Waals surface area contributed by atoms with E-state index in [9.17, 15) is 9.59 Å². The quantitative estimate of drug-likeness (QED) is 0.574. The fourth-order valence-corrected chi connectivity index (χ4v) is 3.75. The number of nitrogens with one attached hydrogen (secondary N) is 1. The first kappa shape index (κ1) is 21.5. The summed E-state index contributed by atoms with van der Waals surface area (Å²) >= 11 is 1.59. The van der Waals surface area contributed by atoms with Gasteiger partial charge in [-0.2, -0.15) is 0 Å². The number of rotatable bonds is 8. The number of thiazole rings is 1. The average Bonchev–Trinajstić information content (AvgIpc) is 3.20. The van der Waals surface area contributed by atoms with E-state index >= 15 is 0 Å². The first-order valence-electron chi connectivity index (χ1n) is 9.84. The molecule has 0 saturated carbocycles. The first-order valence-corrected chi connectivity index (χ1v) is 10.7. The van der Waals surface area contributed by atoms with Gasteiger partial charge in [-0.15, -0.1) is 11.3 Å². The summed E-state index contributed by atoms with van der Waals surface area (Å²) < 4.78 is 5.58. The van der Waals surface area contributed by atoms with Gasteiger partial charge in [-0.1, -0.05) is 6.07 Å². The number of carbonyl (C=O) groups excluding carboxylic acids is 2. The van der Waals surface area contributed by atoms with E-state index in [1.54, 1.807) is 40.5 Å². The fraction of sp³-hybridized carbons (Fsp3) is 0.261. The second-order valence-corrected chi connectivity index (χ2v) is 7.57. The summed E-state index contributed by atoms with van der Waals surface area (Å²) in [5, 5.41) is 5.74. The van der Waals surface area contributed by atoms with Gasteiger partial charge >= 0.3 is 0 Å². The van der Waals surface area contributed by atoms with Crippen molar-refractivity contribution in [3.8, 4) is 16.3 Å². The van der Waals surface area contributed by atoms with Crippen molar-refractivity contribution in [3.63, 3.8) is 0 Å². The number of aromatic nitrogens is 1. The normalized spacial score (nSPS) is 10.5. The minimum absolute atomic E-state index is 0.0529. The van der Waals surface area contributed by atoms with Crippen molar-refractivity contribution < 1.29 is 14.3 Å². The maximum absolute atomic E-state index is 12.5. The van der Waals surface area contributed by atoms with E-state index in [1.807, 2.05) is 50.4 Å². The van der Waals surface area contributed by atoms with E-state index in [2.05, 4.69) is 10.3 Å². The van der Waals surface area contributed by atoms with Crippen molar-refractivity contribution in [2.45, 2.75) is 20.8 Å². The van der Waals surface area contributed by atoms with E-state index in [0.717, 1.165) is 16.3 Å². The molecule has 1 N–H and O–H groups in total. The van der Waals surface area contributed by atoms with Crippen LogP contribution in [-0.2, 0) is 4.79 Å². The Morgan fingerprint density at radius 1 is 1.10 bits per heavy atom. The number of hydrogen-bond acceptors (Lipinski definition) is 5. The Balaban J connectivity index is 1.56. The topological polar surface area (TPSA) is 71.5 Å². The van der Waals surface area contributed by atoms with Crippen LogP contribution in [0.1, 0.15) is 29.9 Å². The molecule has 7 heteroatoms. The molecule has 0 aliphatic carbocycles. The summed E-state index contributed by atoms with van der Waals surface area (Å²) in [5.74, 6) is 0.262. The van der Waals surface area contributed by atoms with Crippen molar-refractivity contribution in [2.24, 2.45) is 0 Å². The molecule has 0 saturated heterocycles. The maximum Gasteiger partial charge on any atom is 0.262 e. The lowest BCUT2D eigenvalue weighted by atomic mass is 10.1. The highest BCUT2D eigenvalue weighted by Crippen LogP contribution is 2.25. The van der Waals surface area contributed by atoms with Crippen LogP contribution in [-0.4, -0.2) is 41.4 Å². The summed E-state index contributed by atoms with van der Waals surface area (Å²) in [6.07, 6.45) is 0. The number of anilines is 1. The van der Waals surface area contributed by atoms with Gasteiger partial charge < -0.3 is 15.0 Å². The van der Waals surface area contributed by atoms with Crippen LogP contribution in [0.2, 0.25) is 0 Å². The Bertz CT molecular complexity index is 1010. The van der Waals surface area contributed by atoms with Gasteiger partial charge in [0.2, 0.25) is 0 Å². The lowest BCUT2D eigenvalue weighted by Crippen LogP contribution is -2.30. The van der Waals surface area contributed by atoms with E-state index in [-0.39, 0.29) is 18.4 Å². The number of ether oxygens (including phenoxy) is 1. The van der Waals surface area contributed by atoms with Gasteiger partial charge in [0.1, 0.15) is 10.8 Å². The van der Waals surface area contributed by atoms with Crippen molar-refractivity contribution in [1.29, 1.82) is 0 Å². The second-order valence-electron chi connectivity index (χ2n) is 6.71. The van der Waals surface area contributed by atoms with Gasteiger partial charge in [0.15, 0.2) is 6.61 Å². The van der Waals surface area contributed by atoms with Crippen LogP contribution >= 0.6 is 11.3 Å². The highest BCUT2D eigenvalue weighted by Gasteiger charge is 2.13. The molecule has 0 aliphatic heterocycles. The molecule has 0 spiro atoms. The molecule has 3 rings (SSSR count). The molecular formula is C23H25N3O3S. The largest absolute Gasteiger partial charge is 0.484 e. The summed E-state index contributed by atoms with van der Waals surface area (Å²) in [4.78, 5) is 30.9. The lowest BCUT2D eigenvalue weighted by molar-refractivity contribution is -0.118. The third-order valence-electron chi connectivity index (χ3n) is 4.53. The molecular weight excluding hydrogens is 398 g/mol. The number of hydrogen-bond donors (Lipinski definition) is 1. The predicted molar refractivity (Wildman–Crippen MR) is 120 cm³/mol. The monoisotopic (exact) mass is 423 g/mol. The number of benzene rings is 2. The molecule has 0 unspecified atom stereocenters. The SMILES string of the molecule is CCN(CC)C(=O)c1cccc(NC(=O)COc2ccc(-c3nc(C)cs3)cc2)c1. The molecule has 0 radical (unpaired) electrons. The molecule has 2 amide bonds. The number of aryl methyl sites for hydroxylation is 1. The average molecular weight is 424 g/mol. The van der Waals surface area contributed by atoms with Gasteiger partial charge in [-0.25, -0.2) is 4.98 Å². The van der Waals surface area contributed by atoms with Crippen LogP contribution in [0.25, 0.3) is 10.6 Å². The predicted octanol–water partition coefficient (Wildman–Crippen LogP) is 4.62. The van der Waals surface area contributed by atoms with Crippen molar-refractivity contribution in [3.05, 3.63) is 65.2 Å². The summed E-state index contributed by atoms with van der Waals surface area (Å²) in [6.45, 7) is 7.00. The molecule has 3 aromatic rings. The van der Waals surface area contributed by atoms with Crippen molar-refractivity contribution >= 4 is 28.8 Å². The molecule has 0 bridgehead atoms. The third-order valence-corrected chi connectivity index (χ3v) is 5.54. The third kappa shape index (κ3) is 5.45. The summed E-state index contributed by atoms with van der Waals surface area (Å²) in [5.41, 5.74) is 3.12. The zero-order chi connectivity index (χ0) is 21.5. The molecule has 0 fully saturated rings. The van der Waals surface area contributed by atoms with Crippen molar-refractivity contribution in [1.82, 2.24) is 9.88 Å². The summed E-state index contributed by atoms with van der Waals surface area (Å²) in [6, 6.07) is 14.4. The molecule has 6 nitrogen and oxygen atoms in total. The van der Waals surface area contributed by atoms with Crippen LogP contribution in [0.15, 0.2) is 53.9 Å². The number of amides is 2. The van der Waals surface area contributed by atoms with E-state index in [1.165, 1.54) is 0 Å². The van der Waals surface area contributed by atoms with E-state index in [4.69, 9.17) is 4.74 Å². The minimum atomic E-state index is -0.290. The maximum atomic E-state index is 12.5. The van der Waals surface area contributed by atoms with Crippen LogP contribution in [0.5, 0.6) is 5.75 Å². The molecule has 30 heavy (non-hydrogen) atoms. The number of nitrogens with zero attached hydrogens (tertiary/aromatic N) is 2. The lowest BCUT2D eigenvalue weighted by Gasteiger charge is -2.19. The zero-order valence-electron chi connectivity index (χ0n) is 17.3. The standard InChI is InChI=1S/C23H25N3O3S/c1-4-26(5-2)23(28)18-7-6-8-19(13-18)25-21(27)14-29-20-11-9-17(10-12-20)22-24-16(3)15-30-22/h6-13,15H,4-5,14H2,1-3H3,(H,25,27). The highest BCUT2D eigenvalue weighted by molar-refractivity contribution is 7.13. The Hall–Kier alpha value is -3.19. The van der Waals surface area contributed by atoms with E-state index < -0.39 is 0 Å². The van der Waals surface area contributed by atoms with Gasteiger partial charge in [0, 0.05) is 41.0 Å². The Morgan fingerprint density at radius 2 is 1.83 bits per heavy atom. The Labute approximate surface area is 180 Å². The van der Waals surface area contributed by atoms with Crippen LogP contribution in [0, 0.1) is 6.92 Å². The van der Waals surface area contributed by atoms with Crippen LogP contribution in [0.3, 0.4) is 0 Å². The van der Waals surface area contributed by atoms with Crippen molar-refractivity contribution in [2.75, 3.05) is 25.0 Å². The molecule has 1 aromatic heterocycles. The molecule has 156 valence electrons. The second kappa shape index (κ2) is 10.0. The first-order chi connectivity index (χ1) is 14.5. The van der Waals surface area contributed by atoms with E-state index in [0.29, 0.717) is 30.1 Å². The highest BCUT2D eigenvalue weighted by atomic mass is 32.1. The van der Waals surface area contributed by atoms with Gasteiger partial charge in [-0.05, 0) is 63.2 Å². The van der Waals surface area contributed by atoms with Gasteiger partial charge in [0.25, 0.3) is 11.8 Å². The van der Waals surface area contributed by atoms with Gasteiger partial charge in [-0.3, -0.25) is 9.59 Å². The fourth-order valence-electron chi connectivity index (χ4n) is 2.95. The Kier molecular flexibility index (Phi) is 7.19. The minimum Gasteiger partial charge on any atom is -0.484 e. The summed E-state index contributed by atoms with van der Waals surface area (Å²) in [7, 11) is 0. The van der Waals surface area contributed by atoms with Gasteiger partial charge in [0.05, 0.1) is 0 Å². The molecule has 0 aliphatic rings. The van der Waals surface area contributed by atoms with Crippen LogP contribution < -0.4 is 10.1 Å². The molecule has 1 heterocycles. The van der Waals surface area contributed by atoms with Crippen LogP contribution in [0.4, 0.5) is 5.69 Å². The molecule has 2 aromatic carbocycles. The molecule has 0 atom stereocenters. The number of carbonyl (C=O) groups is 2. The Morgan fingerprint density at radius 3 is 2.47 bits per heavy atom. The smallest absolute Gasteiger partial charge is 0.262 e. The zero-order valence-corrected chi connectivity index (χ0v) is 18.2.